The fourth-order valence-electron chi connectivity index (χ4n) is 6.74. The monoisotopic (exact) mass is 831 g/mol. The van der Waals surface area contributed by atoms with Crippen molar-refractivity contribution in [3.8, 4) is 0 Å². The summed E-state index contributed by atoms with van der Waals surface area (Å²) in [4.78, 5) is 84.8. The maximum absolute atomic E-state index is 14.7. The average molecular weight is 832 g/mol. The van der Waals surface area contributed by atoms with E-state index in [9.17, 15) is 33.2 Å². The zero-order valence-corrected chi connectivity index (χ0v) is 32.8. The summed E-state index contributed by atoms with van der Waals surface area (Å²) in [5, 5.41) is 17.5. The van der Waals surface area contributed by atoms with Crippen molar-refractivity contribution in [1.29, 1.82) is 0 Å². The number of anilines is 6. The summed E-state index contributed by atoms with van der Waals surface area (Å²) in [7, 11) is 0. The van der Waals surface area contributed by atoms with E-state index >= 15 is 0 Å². The van der Waals surface area contributed by atoms with Crippen LogP contribution >= 0.6 is 11.6 Å². The number of unbranched alkanes of at least 4 members (excludes halogenated alkanes) is 2. The van der Waals surface area contributed by atoms with Gasteiger partial charge in [0.25, 0.3) is 17.7 Å². The molecular weight excluding hydrogens is 793 g/mol. The minimum absolute atomic E-state index is 0.0505. The highest BCUT2D eigenvalue weighted by Gasteiger charge is 2.45. The van der Waals surface area contributed by atoms with E-state index in [1.807, 2.05) is 0 Å². The minimum atomic E-state index is -1.03. The van der Waals surface area contributed by atoms with Gasteiger partial charge in [0.1, 0.15) is 6.04 Å². The number of nitrogens with zero attached hydrogens (tertiary/aromatic N) is 3. The number of hydrogen-bond acceptors (Lipinski definition) is 11. The number of benzene rings is 4. The van der Waals surface area contributed by atoms with Gasteiger partial charge in [0.05, 0.1) is 34.5 Å². The van der Waals surface area contributed by atoms with Crippen molar-refractivity contribution in [1.82, 2.24) is 25.5 Å². The van der Waals surface area contributed by atoms with Crippen LogP contribution in [-0.4, -0.2) is 69.4 Å². The Morgan fingerprint density at radius 1 is 0.817 bits per heavy atom. The summed E-state index contributed by atoms with van der Waals surface area (Å²) in [6.45, 7) is 1.00. The van der Waals surface area contributed by atoms with Crippen molar-refractivity contribution in [2.24, 2.45) is 0 Å². The van der Waals surface area contributed by atoms with Crippen LogP contribution in [0.25, 0.3) is 0 Å². The lowest BCUT2D eigenvalue weighted by atomic mass is 10.0. The molecule has 1 atom stereocenters. The zero-order chi connectivity index (χ0) is 42.2. The van der Waals surface area contributed by atoms with Crippen LogP contribution < -0.4 is 31.9 Å². The number of para-hydroxylation sites is 1. The van der Waals surface area contributed by atoms with Gasteiger partial charge in [-0.25, -0.2) is 9.37 Å². The van der Waals surface area contributed by atoms with Crippen molar-refractivity contribution in [3.05, 3.63) is 130 Å². The molecule has 0 saturated carbocycles. The number of aromatic nitrogens is 2. The van der Waals surface area contributed by atoms with E-state index in [4.69, 9.17) is 11.6 Å². The van der Waals surface area contributed by atoms with Crippen molar-refractivity contribution in [2.75, 3.05) is 34.4 Å². The molecule has 5 aromatic rings. The van der Waals surface area contributed by atoms with Gasteiger partial charge < -0.3 is 26.6 Å². The lowest BCUT2D eigenvalue weighted by Crippen LogP contribution is -2.54. The smallest absolute Gasteiger partial charge is 0.264 e. The van der Waals surface area contributed by atoms with E-state index in [1.54, 1.807) is 91.0 Å². The van der Waals surface area contributed by atoms with E-state index in [0.29, 0.717) is 46.4 Å². The number of fused-ring (bicyclic) bond motifs is 1. The molecule has 6 amide bonds. The number of rotatable bonds is 16. The Bertz CT molecular complexity index is 2470. The van der Waals surface area contributed by atoms with Crippen LogP contribution in [0, 0.1) is 5.82 Å². The maximum Gasteiger partial charge on any atom is 0.264 e. The highest BCUT2D eigenvalue weighted by molar-refractivity contribution is 6.34. The lowest BCUT2D eigenvalue weighted by Gasteiger charge is -2.27. The maximum atomic E-state index is 14.7. The molecular formula is C43H39ClFN9O6. The summed E-state index contributed by atoms with van der Waals surface area (Å²) in [5.41, 5.74) is 3.71. The van der Waals surface area contributed by atoms with Crippen LogP contribution in [0.3, 0.4) is 0 Å². The largest absolute Gasteiger partial charge is 0.384 e. The van der Waals surface area contributed by atoms with Crippen molar-refractivity contribution < 1.29 is 33.2 Å². The molecule has 1 unspecified atom stereocenters. The Labute approximate surface area is 348 Å². The van der Waals surface area contributed by atoms with Crippen molar-refractivity contribution >= 4 is 81.6 Å². The number of halogens is 2. The second-order valence-corrected chi connectivity index (χ2v) is 14.4. The van der Waals surface area contributed by atoms with Gasteiger partial charge in [-0.05, 0) is 91.9 Å². The van der Waals surface area contributed by atoms with Gasteiger partial charge in [-0.1, -0.05) is 41.9 Å². The van der Waals surface area contributed by atoms with Gasteiger partial charge in [-0.3, -0.25) is 39.0 Å². The molecule has 3 heterocycles. The number of hydrogen-bond donors (Lipinski definition) is 6. The number of piperidine rings is 1. The normalized spacial score (nSPS) is 14.6. The predicted octanol–water partition coefficient (Wildman–Crippen LogP) is 6.35. The number of imide groups is 2. The van der Waals surface area contributed by atoms with Crippen LogP contribution in [0.5, 0.6) is 0 Å². The zero-order valence-electron chi connectivity index (χ0n) is 32.0. The molecule has 60 heavy (non-hydrogen) atoms. The molecule has 0 bridgehead atoms. The third-order valence-corrected chi connectivity index (χ3v) is 10.1. The van der Waals surface area contributed by atoms with Gasteiger partial charge in [-0.2, -0.15) is 4.98 Å². The van der Waals surface area contributed by atoms with E-state index in [0.717, 1.165) is 35.9 Å². The SMILES string of the molecule is O=C(Cc1ccc(Nc2ncc(F)c(Nc3ccc(C(=O)Nc4ccccc4Cl)cc3)n2)cc1)NCCCCCNc1cccc2c1C(=O)N(C1CCC(=O)NC1=O)C2=O. The lowest BCUT2D eigenvalue weighted by molar-refractivity contribution is -0.136. The van der Waals surface area contributed by atoms with Gasteiger partial charge in [0.15, 0.2) is 11.6 Å². The summed E-state index contributed by atoms with van der Waals surface area (Å²) in [5.74, 6) is -3.29. The average Bonchev–Trinajstić information content (AvgIpc) is 3.49. The van der Waals surface area contributed by atoms with Crippen LogP contribution in [0.15, 0.2) is 97.2 Å². The Morgan fingerprint density at radius 3 is 2.30 bits per heavy atom. The second kappa shape index (κ2) is 18.6. The Morgan fingerprint density at radius 2 is 1.53 bits per heavy atom. The topological polar surface area (TPSA) is 204 Å². The van der Waals surface area contributed by atoms with Gasteiger partial charge in [0.2, 0.25) is 23.7 Å². The molecule has 1 fully saturated rings. The molecule has 306 valence electrons. The fraction of sp³-hybridized carbons (Fsp3) is 0.209. The third-order valence-electron chi connectivity index (χ3n) is 9.81. The number of amides is 6. The minimum Gasteiger partial charge on any atom is -0.384 e. The first-order valence-corrected chi connectivity index (χ1v) is 19.6. The Kier molecular flexibility index (Phi) is 12.7. The van der Waals surface area contributed by atoms with E-state index in [2.05, 4.69) is 41.9 Å². The second-order valence-electron chi connectivity index (χ2n) is 14.0. The molecule has 0 radical (unpaired) electrons. The quantitative estimate of drug-likeness (QED) is 0.0478. The van der Waals surface area contributed by atoms with Gasteiger partial charge in [0, 0.05) is 42.1 Å². The molecule has 2 aliphatic heterocycles. The number of nitrogens with one attached hydrogen (secondary N) is 6. The molecule has 17 heteroatoms. The summed E-state index contributed by atoms with van der Waals surface area (Å²) < 4.78 is 14.7. The van der Waals surface area contributed by atoms with Crippen molar-refractivity contribution in [2.45, 2.75) is 44.6 Å². The molecule has 0 spiro atoms. The van der Waals surface area contributed by atoms with Crippen molar-refractivity contribution in [3.63, 3.8) is 0 Å². The highest BCUT2D eigenvalue weighted by atomic mass is 35.5. The first kappa shape index (κ1) is 41.0. The van der Waals surface area contributed by atoms with Crippen LogP contribution in [0.2, 0.25) is 5.02 Å². The Balaban J connectivity index is 0.816. The number of carbonyl (C=O) groups is 6. The summed E-state index contributed by atoms with van der Waals surface area (Å²) in [6.07, 6.45) is 3.60. The Hall–Kier alpha value is -7.20. The molecule has 7 rings (SSSR count). The highest BCUT2D eigenvalue weighted by Crippen LogP contribution is 2.32. The molecule has 15 nitrogen and oxygen atoms in total. The van der Waals surface area contributed by atoms with E-state index < -0.39 is 35.5 Å². The third kappa shape index (κ3) is 9.73. The van der Waals surface area contributed by atoms with Crippen LogP contribution in [0.4, 0.5) is 38.9 Å². The van der Waals surface area contributed by atoms with Gasteiger partial charge >= 0.3 is 0 Å². The van der Waals surface area contributed by atoms with Crippen LogP contribution in [0.1, 0.15) is 68.7 Å². The standard InChI is InChI=1S/C43H39ClFN9O6/c44-30-8-2-3-9-32(30)51-39(57)26-13-17-27(18-14-26)49-38-31(45)24-48-43(53-38)50-28-15-11-25(12-16-28)23-36(56)47-22-5-1-4-21-46-33-10-6-7-29-37(33)42(60)54(41(29)59)34-19-20-35(55)52-40(34)58/h2-3,6-18,24,34,46H,1,4-5,19-23H2,(H,47,56)(H,51,57)(H,52,55,58)(H2,48,49,50,53). The first-order valence-electron chi connectivity index (χ1n) is 19.2. The fourth-order valence-corrected chi connectivity index (χ4v) is 6.92. The molecule has 2 aliphatic rings. The number of carbonyl (C=O) groups excluding carboxylic acids is 6. The molecule has 6 N–H and O–H groups in total. The molecule has 4 aromatic carbocycles. The van der Waals surface area contributed by atoms with E-state index in [-0.39, 0.29) is 54.0 Å². The predicted molar refractivity (Wildman–Crippen MR) is 223 cm³/mol. The first-order chi connectivity index (χ1) is 29.0. The summed E-state index contributed by atoms with van der Waals surface area (Å²) >= 11 is 6.13. The molecule has 1 saturated heterocycles. The van der Waals surface area contributed by atoms with E-state index in [1.165, 1.54) is 0 Å². The molecule has 1 aromatic heterocycles. The van der Waals surface area contributed by atoms with Crippen LogP contribution in [-0.2, 0) is 20.8 Å². The summed E-state index contributed by atoms with van der Waals surface area (Å²) in [6, 6.07) is 24.3. The van der Waals surface area contributed by atoms with Gasteiger partial charge in [-0.15, -0.1) is 0 Å². The molecule has 0 aliphatic carbocycles.